The summed E-state index contributed by atoms with van der Waals surface area (Å²) in [5.74, 6) is -0.0141. The number of carbonyl (C=O) groups is 2. The highest BCUT2D eigenvalue weighted by Gasteiger charge is 2.47. The van der Waals surface area contributed by atoms with Crippen molar-refractivity contribution in [2.24, 2.45) is 5.92 Å². The third kappa shape index (κ3) is 3.55. The average Bonchev–Trinajstić information content (AvgIpc) is 3.26. The zero-order chi connectivity index (χ0) is 22.5. The number of nitrogens with zero attached hydrogens (tertiary/aromatic N) is 2. The largest absolute Gasteiger partial charge is 0.398 e. The summed E-state index contributed by atoms with van der Waals surface area (Å²) < 4.78 is 15.5. The number of nitrogens with two attached hydrogens (primary N) is 1. The van der Waals surface area contributed by atoms with Crippen LogP contribution < -0.4 is 11.1 Å². The van der Waals surface area contributed by atoms with Crippen molar-refractivity contribution in [2.45, 2.75) is 38.0 Å². The second-order valence-electron chi connectivity index (χ2n) is 8.95. The molecule has 1 spiro atoms. The van der Waals surface area contributed by atoms with Crippen LogP contribution in [0.4, 0.5) is 15.9 Å². The number of fused-ring (bicyclic) bond motifs is 2. The molecule has 8 heteroatoms. The van der Waals surface area contributed by atoms with Crippen molar-refractivity contribution in [1.29, 1.82) is 0 Å². The summed E-state index contributed by atoms with van der Waals surface area (Å²) in [5, 5.41) is 3.78. The first-order valence-corrected chi connectivity index (χ1v) is 10.7. The summed E-state index contributed by atoms with van der Waals surface area (Å²) in [6.07, 6.45) is 4.77. The van der Waals surface area contributed by atoms with Crippen LogP contribution in [0.3, 0.4) is 0 Å². The topological polar surface area (TPSA) is 88.3 Å². The van der Waals surface area contributed by atoms with Crippen LogP contribution in [0.15, 0.2) is 18.3 Å². The number of Topliss-reactive ketones (excluding diaryl/α,β-unsaturated/α-hetero) is 1. The second-order valence-corrected chi connectivity index (χ2v) is 9.33. The van der Waals surface area contributed by atoms with Gasteiger partial charge >= 0.3 is 0 Å². The third-order valence-electron chi connectivity index (χ3n) is 6.51. The van der Waals surface area contributed by atoms with Crippen LogP contribution in [0.1, 0.15) is 48.5 Å². The van der Waals surface area contributed by atoms with Gasteiger partial charge in [0.1, 0.15) is 17.4 Å². The zero-order valence-electron chi connectivity index (χ0n) is 17.9. The first-order valence-electron chi connectivity index (χ1n) is 10.4. The van der Waals surface area contributed by atoms with Crippen LogP contribution in [0.5, 0.6) is 0 Å². The van der Waals surface area contributed by atoms with E-state index in [0.717, 1.165) is 24.8 Å². The smallest absolute Gasteiger partial charge is 0.258 e. The molecule has 2 atom stereocenters. The molecule has 4 rings (SSSR count). The molecule has 3 N–H and O–H groups in total. The van der Waals surface area contributed by atoms with Gasteiger partial charge in [-0.15, -0.1) is 0 Å². The lowest BCUT2D eigenvalue weighted by Gasteiger charge is -2.25. The van der Waals surface area contributed by atoms with E-state index < -0.39 is 11.7 Å². The first-order chi connectivity index (χ1) is 14.6. The van der Waals surface area contributed by atoms with Crippen molar-refractivity contribution < 1.29 is 14.0 Å². The fourth-order valence-corrected chi connectivity index (χ4v) is 5.52. The maximum Gasteiger partial charge on any atom is 0.258 e. The Morgan fingerprint density at radius 1 is 1.35 bits per heavy atom. The minimum absolute atomic E-state index is 0.0752. The SMILES string of the molecule is CC(=O)CC1CCC2(CNc3ncc(-c4ccc(N)c(C(=O)N(C)C)c4F)c(Cl)c32)C1. The Hall–Kier alpha value is -2.67. The van der Waals surface area contributed by atoms with E-state index in [0.29, 0.717) is 35.3 Å². The van der Waals surface area contributed by atoms with Gasteiger partial charge in [-0.3, -0.25) is 4.79 Å². The molecule has 1 amide bonds. The molecule has 2 aliphatic rings. The zero-order valence-corrected chi connectivity index (χ0v) is 18.6. The van der Waals surface area contributed by atoms with Crippen molar-refractivity contribution in [3.05, 3.63) is 40.3 Å². The van der Waals surface area contributed by atoms with Gasteiger partial charge in [0.2, 0.25) is 0 Å². The molecule has 0 bridgehead atoms. The summed E-state index contributed by atoms with van der Waals surface area (Å²) in [6.45, 7) is 2.32. The number of anilines is 2. The van der Waals surface area contributed by atoms with Gasteiger partial charge in [0, 0.05) is 61.1 Å². The molecule has 2 aromatic rings. The number of carbonyl (C=O) groups excluding carboxylic acids is 2. The Morgan fingerprint density at radius 2 is 2.10 bits per heavy atom. The van der Waals surface area contributed by atoms with Crippen molar-refractivity contribution in [2.75, 3.05) is 31.7 Å². The Labute approximate surface area is 186 Å². The van der Waals surface area contributed by atoms with E-state index in [-0.39, 0.29) is 28.0 Å². The number of ketones is 1. The summed E-state index contributed by atoms with van der Waals surface area (Å²) in [7, 11) is 3.09. The number of hydrogen-bond acceptors (Lipinski definition) is 5. The lowest BCUT2D eigenvalue weighted by molar-refractivity contribution is -0.117. The maximum absolute atomic E-state index is 15.5. The number of benzene rings is 1. The van der Waals surface area contributed by atoms with Crippen LogP contribution in [0, 0.1) is 11.7 Å². The Morgan fingerprint density at radius 3 is 2.77 bits per heavy atom. The summed E-state index contributed by atoms with van der Waals surface area (Å²) in [5.41, 5.74) is 7.11. The molecule has 164 valence electrons. The predicted molar refractivity (Wildman–Crippen MR) is 120 cm³/mol. The molecule has 1 aromatic heterocycles. The molecule has 1 aliphatic carbocycles. The fraction of sp³-hybridized carbons (Fsp3) is 0.435. The standard InChI is InChI=1S/C23H26ClFN4O2/c1-12(30)8-13-6-7-23(9-13)11-28-21-18(23)19(24)15(10-27-21)14-4-5-16(26)17(20(14)25)22(31)29(2)3/h4-5,10,13H,6-9,11,26H2,1-3H3,(H,27,28). The van der Waals surface area contributed by atoms with Gasteiger partial charge in [0.05, 0.1) is 10.6 Å². The maximum atomic E-state index is 15.5. The highest BCUT2D eigenvalue weighted by atomic mass is 35.5. The van der Waals surface area contributed by atoms with E-state index in [1.807, 2.05) is 0 Å². The first kappa shape index (κ1) is 21.6. The number of amides is 1. The molecule has 0 radical (unpaired) electrons. The number of nitrogens with one attached hydrogen (secondary N) is 1. The molecule has 6 nitrogen and oxygen atoms in total. The van der Waals surface area contributed by atoms with Crippen LogP contribution in [0.2, 0.25) is 5.02 Å². The lowest BCUT2D eigenvalue weighted by Crippen LogP contribution is -2.25. The van der Waals surface area contributed by atoms with Crippen LogP contribution in [0.25, 0.3) is 11.1 Å². The highest BCUT2D eigenvalue weighted by Crippen LogP contribution is 2.54. The van der Waals surface area contributed by atoms with E-state index in [1.54, 1.807) is 21.0 Å². The van der Waals surface area contributed by atoms with Gasteiger partial charge < -0.3 is 20.7 Å². The number of nitrogen functional groups attached to an aromatic ring is 1. The number of pyridine rings is 1. The molecule has 2 heterocycles. The third-order valence-corrected chi connectivity index (χ3v) is 6.90. The minimum atomic E-state index is -0.705. The molecule has 31 heavy (non-hydrogen) atoms. The molecular formula is C23H26ClFN4O2. The summed E-state index contributed by atoms with van der Waals surface area (Å²) in [6, 6.07) is 3.06. The summed E-state index contributed by atoms with van der Waals surface area (Å²) in [4.78, 5) is 29.9. The molecule has 1 fully saturated rings. The lowest BCUT2D eigenvalue weighted by atomic mass is 9.79. The highest BCUT2D eigenvalue weighted by molar-refractivity contribution is 6.34. The Bertz CT molecular complexity index is 1090. The van der Waals surface area contributed by atoms with E-state index >= 15 is 4.39 Å². The molecule has 1 aromatic carbocycles. The van der Waals surface area contributed by atoms with Crippen molar-refractivity contribution in [3.8, 4) is 11.1 Å². The van der Waals surface area contributed by atoms with Crippen LogP contribution >= 0.6 is 11.6 Å². The molecule has 1 aliphatic heterocycles. The van der Waals surface area contributed by atoms with Gasteiger partial charge in [-0.25, -0.2) is 9.37 Å². The van der Waals surface area contributed by atoms with Crippen molar-refractivity contribution >= 4 is 34.8 Å². The number of hydrogen-bond donors (Lipinski definition) is 2. The monoisotopic (exact) mass is 444 g/mol. The predicted octanol–water partition coefficient (Wildman–Crippen LogP) is 4.27. The van der Waals surface area contributed by atoms with Crippen LogP contribution in [-0.4, -0.2) is 42.2 Å². The van der Waals surface area contributed by atoms with E-state index in [1.165, 1.54) is 23.2 Å². The fourth-order valence-electron chi connectivity index (χ4n) is 5.08. The van der Waals surface area contributed by atoms with Crippen molar-refractivity contribution in [1.82, 2.24) is 9.88 Å². The van der Waals surface area contributed by atoms with Gasteiger partial charge in [-0.05, 0) is 44.2 Å². The Kier molecular flexibility index (Phi) is 5.41. The number of aromatic nitrogens is 1. The Balaban J connectivity index is 1.80. The molecule has 2 unspecified atom stereocenters. The van der Waals surface area contributed by atoms with Crippen LogP contribution in [-0.2, 0) is 10.2 Å². The van der Waals surface area contributed by atoms with E-state index in [9.17, 15) is 9.59 Å². The van der Waals surface area contributed by atoms with E-state index in [4.69, 9.17) is 17.3 Å². The number of halogens is 2. The molecule has 0 saturated heterocycles. The molecular weight excluding hydrogens is 419 g/mol. The average molecular weight is 445 g/mol. The van der Waals surface area contributed by atoms with Gasteiger partial charge in [0.25, 0.3) is 5.91 Å². The van der Waals surface area contributed by atoms with Gasteiger partial charge in [-0.1, -0.05) is 11.6 Å². The molecule has 1 saturated carbocycles. The van der Waals surface area contributed by atoms with Gasteiger partial charge in [-0.2, -0.15) is 0 Å². The van der Waals surface area contributed by atoms with Crippen molar-refractivity contribution in [3.63, 3.8) is 0 Å². The quantitative estimate of drug-likeness (QED) is 0.687. The number of rotatable bonds is 4. The van der Waals surface area contributed by atoms with E-state index in [2.05, 4.69) is 10.3 Å². The normalized spacial score (nSPS) is 21.8. The van der Waals surface area contributed by atoms with Gasteiger partial charge in [0.15, 0.2) is 0 Å². The second kappa shape index (κ2) is 7.79. The minimum Gasteiger partial charge on any atom is -0.398 e. The summed E-state index contributed by atoms with van der Waals surface area (Å²) >= 11 is 6.88.